The number of anilines is 1. The molecule has 0 aliphatic heterocycles. The topological polar surface area (TPSA) is 110 Å². The molecule has 2 N–H and O–H groups in total. The Labute approximate surface area is 147 Å². The molecule has 2 aromatic carbocycles. The molecule has 1 aromatic heterocycles. The predicted molar refractivity (Wildman–Crippen MR) is 93.5 cm³/mol. The Morgan fingerprint density at radius 1 is 1.20 bits per heavy atom. The van der Waals surface area contributed by atoms with Crippen molar-refractivity contribution in [2.75, 3.05) is 5.43 Å². The van der Waals surface area contributed by atoms with Crippen molar-refractivity contribution in [1.29, 1.82) is 0 Å². The number of benzene rings is 2. The van der Waals surface area contributed by atoms with Gasteiger partial charge in [-0.15, -0.1) is 0 Å². The fraction of sp³-hybridized carbons (Fsp3) is 0.0625. The first-order valence-electron chi connectivity index (χ1n) is 7.19. The fourth-order valence-corrected chi connectivity index (χ4v) is 2.49. The number of aromatic nitrogens is 2. The summed E-state index contributed by atoms with van der Waals surface area (Å²) in [5.41, 5.74) is 6.29. The number of nitro benzene ring substituents is 1. The van der Waals surface area contributed by atoms with Crippen LogP contribution in [0.3, 0.4) is 0 Å². The van der Waals surface area contributed by atoms with Crippen LogP contribution in [0.4, 0.5) is 11.5 Å². The summed E-state index contributed by atoms with van der Waals surface area (Å²) in [7, 11) is 0. The monoisotopic (exact) mass is 357 g/mol. The lowest BCUT2D eigenvalue weighted by Crippen LogP contribution is -2.30. The molecule has 3 rings (SSSR count). The lowest BCUT2D eigenvalue weighted by atomic mass is 10.1. The van der Waals surface area contributed by atoms with Gasteiger partial charge >= 0.3 is 0 Å². The smallest absolute Gasteiger partial charge is 0.281 e. The van der Waals surface area contributed by atoms with Gasteiger partial charge in [-0.1, -0.05) is 23.8 Å². The highest BCUT2D eigenvalue weighted by Crippen LogP contribution is 2.23. The largest absolute Gasteiger partial charge is 0.282 e. The summed E-state index contributed by atoms with van der Waals surface area (Å²) in [6, 6.07) is 11.2. The highest BCUT2D eigenvalue weighted by atomic mass is 35.5. The van der Waals surface area contributed by atoms with Crippen molar-refractivity contribution in [3.05, 3.63) is 69.0 Å². The molecule has 0 fully saturated rings. The third-order valence-electron chi connectivity index (χ3n) is 3.46. The van der Waals surface area contributed by atoms with E-state index < -0.39 is 10.8 Å². The van der Waals surface area contributed by atoms with Crippen molar-refractivity contribution in [3.63, 3.8) is 0 Å². The molecule has 0 spiro atoms. The minimum absolute atomic E-state index is 0.0128. The highest BCUT2D eigenvalue weighted by molar-refractivity contribution is 6.28. The maximum Gasteiger partial charge on any atom is 0.282 e. The van der Waals surface area contributed by atoms with Gasteiger partial charge in [-0.05, 0) is 36.7 Å². The molecule has 8 nitrogen and oxygen atoms in total. The number of fused-ring (bicyclic) bond motifs is 1. The first-order chi connectivity index (χ1) is 12.0. The summed E-state index contributed by atoms with van der Waals surface area (Å²) in [6.07, 6.45) is 0. The molecule has 0 saturated heterocycles. The number of hydrogen-bond acceptors (Lipinski definition) is 6. The van der Waals surface area contributed by atoms with Crippen LogP contribution in [0, 0.1) is 17.0 Å². The van der Waals surface area contributed by atoms with Gasteiger partial charge in [0, 0.05) is 11.5 Å². The number of amides is 1. The molecule has 0 saturated carbocycles. The summed E-state index contributed by atoms with van der Waals surface area (Å²) in [6.45, 7) is 1.91. The lowest BCUT2D eigenvalue weighted by molar-refractivity contribution is -0.385. The van der Waals surface area contributed by atoms with Gasteiger partial charge in [-0.25, -0.2) is 4.98 Å². The van der Waals surface area contributed by atoms with Crippen LogP contribution >= 0.6 is 11.6 Å². The standard InChI is InChI=1S/C16H12ClN5O3/c1-9-6-7-12-11(8-9)14(19-16(17)18-12)20-21-15(23)10-4-2-3-5-13(10)22(24)25/h2-8H,1H3,(H,21,23)(H,18,19,20). The van der Waals surface area contributed by atoms with Gasteiger partial charge in [0.1, 0.15) is 5.56 Å². The van der Waals surface area contributed by atoms with Gasteiger partial charge in [0.15, 0.2) is 5.82 Å². The molecule has 25 heavy (non-hydrogen) atoms. The van der Waals surface area contributed by atoms with Crippen LogP contribution in [0.15, 0.2) is 42.5 Å². The summed E-state index contributed by atoms with van der Waals surface area (Å²) >= 11 is 5.90. The van der Waals surface area contributed by atoms with Gasteiger partial charge in [0.05, 0.1) is 10.4 Å². The first kappa shape index (κ1) is 16.6. The van der Waals surface area contributed by atoms with E-state index in [9.17, 15) is 14.9 Å². The van der Waals surface area contributed by atoms with E-state index in [1.54, 1.807) is 12.1 Å². The number of carbonyl (C=O) groups is 1. The minimum atomic E-state index is -0.664. The Bertz CT molecular complexity index is 993. The molecule has 126 valence electrons. The molecule has 0 aliphatic rings. The van der Waals surface area contributed by atoms with E-state index in [2.05, 4.69) is 20.8 Å². The Balaban J connectivity index is 1.89. The number of aryl methyl sites for hydroxylation is 1. The normalized spacial score (nSPS) is 10.5. The second-order valence-electron chi connectivity index (χ2n) is 5.22. The van der Waals surface area contributed by atoms with E-state index in [0.717, 1.165) is 5.56 Å². The molecule has 0 aliphatic carbocycles. The summed E-state index contributed by atoms with van der Waals surface area (Å²) in [5, 5.41) is 11.7. The lowest BCUT2D eigenvalue weighted by Gasteiger charge is -2.11. The molecule has 1 heterocycles. The van der Waals surface area contributed by atoms with Crippen molar-refractivity contribution in [2.45, 2.75) is 6.92 Å². The molecule has 0 radical (unpaired) electrons. The van der Waals surface area contributed by atoms with E-state index in [1.165, 1.54) is 18.2 Å². The van der Waals surface area contributed by atoms with Crippen molar-refractivity contribution in [3.8, 4) is 0 Å². The Hall–Kier alpha value is -3.26. The first-order valence-corrected chi connectivity index (χ1v) is 7.57. The minimum Gasteiger partial charge on any atom is -0.281 e. The van der Waals surface area contributed by atoms with Crippen molar-refractivity contribution < 1.29 is 9.72 Å². The molecule has 0 unspecified atom stereocenters. The SMILES string of the molecule is Cc1ccc2nc(Cl)nc(NNC(=O)c3ccccc3[N+](=O)[O-])c2c1. The maximum absolute atomic E-state index is 12.3. The molecule has 3 aromatic rings. The van der Waals surface area contributed by atoms with Gasteiger partial charge in [-0.2, -0.15) is 4.98 Å². The maximum atomic E-state index is 12.3. The second-order valence-corrected chi connectivity index (χ2v) is 5.55. The van der Waals surface area contributed by atoms with Crippen LogP contribution in [0.2, 0.25) is 5.28 Å². The zero-order chi connectivity index (χ0) is 18.0. The molecule has 0 bridgehead atoms. The zero-order valence-electron chi connectivity index (χ0n) is 13.0. The number of nitrogens with one attached hydrogen (secondary N) is 2. The number of hydrazine groups is 1. The van der Waals surface area contributed by atoms with Gasteiger partial charge in [-0.3, -0.25) is 25.8 Å². The molecule has 0 atom stereocenters. The van der Waals surface area contributed by atoms with E-state index in [1.807, 2.05) is 19.1 Å². The highest BCUT2D eigenvalue weighted by Gasteiger charge is 2.19. The third-order valence-corrected chi connectivity index (χ3v) is 3.63. The van der Waals surface area contributed by atoms with Crippen molar-refractivity contribution in [2.24, 2.45) is 0 Å². The molecular formula is C16H12ClN5O3. The van der Waals surface area contributed by atoms with Crippen LogP contribution in [0.1, 0.15) is 15.9 Å². The summed E-state index contributed by atoms with van der Waals surface area (Å²) < 4.78 is 0. The van der Waals surface area contributed by atoms with Crippen LogP contribution in [0.25, 0.3) is 10.9 Å². The van der Waals surface area contributed by atoms with E-state index >= 15 is 0 Å². The number of nitro groups is 1. The quantitative estimate of drug-likeness (QED) is 0.421. The number of nitrogens with zero attached hydrogens (tertiary/aromatic N) is 3. The van der Waals surface area contributed by atoms with Crippen LogP contribution in [-0.2, 0) is 0 Å². The number of para-hydroxylation sites is 1. The Morgan fingerprint density at radius 3 is 2.72 bits per heavy atom. The van der Waals surface area contributed by atoms with Crippen molar-refractivity contribution in [1.82, 2.24) is 15.4 Å². The number of halogens is 1. The number of hydrogen-bond donors (Lipinski definition) is 2. The third kappa shape index (κ3) is 3.48. The van der Waals surface area contributed by atoms with Gasteiger partial charge in [0.2, 0.25) is 5.28 Å². The van der Waals surface area contributed by atoms with Crippen molar-refractivity contribution >= 4 is 39.9 Å². The Kier molecular flexibility index (Phi) is 4.44. The van der Waals surface area contributed by atoms with E-state index in [-0.39, 0.29) is 16.5 Å². The van der Waals surface area contributed by atoms with Gasteiger partial charge in [0.25, 0.3) is 11.6 Å². The van der Waals surface area contributed by atoms with Crippen LogP contribution in [0.5, 0.6) is 0 Å². The summed E-state index contributed by atoms with van der Waals surface area (Å²) in [5.74, 6) is -0.367. The Morgan fingerprint density at radius 2 is 1.96 bits per heavy atom. The van der Waals surface area contributed by atoms with E-state index in [4.69, 9.17) is 11.6 Å². The molecule has 9 heteroatoms. The number of carbonyl (C=O) groups excluding carboxylic acids is 1. The molecular weight excluding hydrogens is 346 g/mol. The summed E-state index contributed by atoms with van der Waals surface area (Å²) in [4.78, 5) is 30.9. The zero-order valence-corrected chi connectivity index (χ0v) is 13.7. The van der Waals surface area contributed by atoms with Crippen LogP contribution in [-0.4, -0.2) is 20.8 Å². The van der Waals surface area contributed by atoms with E-state index in [0.29, 0.717) is 16.7 Å². The van der Waals surface area contributed by atoms with Gasteiger partial charge < -0.3 is 0 Å². The predicted octanol–water partition coefficient (Wildman–Crippen LogP) is 3.26. The number of rotatable bonds is 4. The van der Waals surface area contributed by atoms with Crippen LogP contribution < -0.4 is 10.9 Å². The average molecular weight is 358 g/mol. The fourth-order valence-electron chi connectivity index (χ4n) is 2.32. The molecule has 1 amide bonds. The second kappa shape index (κ2) is 6.70. The average Bonchev–Trinajstić information content (AvgIpc) is 2.59.